The lowest BCUT2D eigenvalue weighted by Gasteiger charge is -2.32. The normalized spacial score (nSPS) is 17.7. The lowest BCUT2D eigenvalue weighted by atomic mass is 9.96. The number of piperidine rings is 1. The van der Waals surface area contributed by atoms with Crippen LogP contribution in [0.3, 0.4) is 0 Å². The quantitative estimate of drug-likeness (QED) is 0.548. The van der Waals surface area contributed by atoms with Crippen molar-refractivity contribution in [1.29, 1.82) is 0 Å². The highest BCUT2D eigenvalue weighted by molar-refractivity contribution is 6.33. The molecule has 0 bridgehead atoms. The zero-order chi connectivity index (χ0) is 20.8. The zero-order valence-corrected chi connectivity index (χ0v) is 16.3. The third-order valence-electron chi connectivity index (χ3n) is 4.84. The van der Waals surface area contributed by atoms with Crippen LogP contribution in [0.1, 0.15) is 40.5 Å². The number of hydrogen-bond acceptors (Lipinski definition) is 4. The van der Waals surface area contributed by atoms with Crippen LogP contribution in [0.4, 0.5) is 13.2 Å². The van der Waals surface area contributed by atoms with Crippen LogP contribution in [0, 0.1) is 0 Å². The summed E-state index contributed by atoms with van der Waals surface area (Å²) in [5.41, 5.74) is -0.152. The molecule has 1 aliphatic heterocycles. The van der Waals surface area contributed by atoms with Gasteiger partial charge >= 0.3 is 6.18 Å². The summed E-state index contributed by atoms with van der Waals surface area (Å²) in [6, 6.07) is 5.12. The number of aromatic nitrogens is 4. The molecule has 0 aliphatic carbocycles. The molecule has 0 radical (unpaired) electrons. The largest absolute Gasteiger partial charge is 0.417 e. The second-order valence-electron chi connectivity index (χ2n) is 6.79. The minimum absolute atomic E-state index is 0.109. The van der Waals surface area contributed by atoms with Crippen molar-refractivity contribution >= 4 is 34.8 Å². The fraction of sp³-hybridized carbons (Fsp3) is 0.333. The van der Waals surface area contributed by atoms with Crippen LogP contribution in [0.5, 0.6) is 0 Å². The summed E-state index contributed by atoms with van der Waals surface area (Å²) in [5.74, 6) is -0.126. The monoisotopic (exact) mass is 443 g/mol. The number of hydrogen-bond donors (Lipinski definition) is 0. The summed E-state index contributed by atoms with van der Waals surface area (Å²) in [6.07, 6.45) is -2.12. The lowest BCUT2D eigenvalue weighted by molar-refractivity contribution is -0.137. The molecule has 11 heteroatoms. The number of pyridine rings is 2. The van der Waals surface area contributed by atoms with Crippen LogP contribution < -0.4 is 0 Å². The fourth-order valence-corrected chi connectivity index (χ4v) is 3.96. The van der Waals surface area contributed by atoms with Gasteiger partial charge in [0.25, 0.3) is 5.91 Å². The maximum atomic E-state index is 13.1. The lowest BCUT2D eigenvalue weighted by Crippen LogP contribution is -2.39. The first-order valence-corrected chi connectivity index (χ1v) is 9.52. The summed E-state index contributed by atoms with van der Waals surface area (Å²) in [6.45, 7) is 0.810. The Bertz CT molecular complexity index is 1060. The topological polar surface area (TPSA) is 63.4 Å². The van der Waals surface area contributed by atoms with Gasteiger partial charge < -0.3 is 4.90 Å². The van der Waals surface area contributed by atoms with Gasteiger partial charge in [-0.3, -0.25) is 9.20 Å². The van der Waals surface area contributed by atoms with Crippen molar-refractivity contribution in [3.05, 3.63) is 57.7 Å². The van der Waals surface area contributed by atoms with Crippen LogP contribution in [-0.2, 0) is 6.18 Å². The predicted molar refractivity (Wildman–Crippen MR) is 100 cm³/mol. The number of fused-ring (bicyclic) bond motifs is 1. The van der Waals surface area contributed by atoms with Crippen molar-refractivity contribution < 1.29 is 18.0 Å². The van der Waals surface area contributed by atoms with E-state index in [1.54, 1.807) is 4.90 Å². The minimum atomic E-state index is -4.47. The molecule has 0 aromatic carbocycles. The Morgan fingerprint density at radius 3 is 2.55 bits per heavy atom. The number of likely N-dealkylation sites (tertiary alicyclic amines) is 1. The highest BCUT2D eigenvalue weighted by atomic mass is 35.5. The molecule has 1 aliphatic rings. The number of halogens is 5. The molecule has 1 fully saturated rings. The van der Waals surface area contributed by atoms with Crippen molar-refractivity contribution in [3.63, 3.8) is 0 Å². The van der Waals surface area contributed by atoms with Crippen LogP contribution in [0.2, 0.25) is 10.3 Å². The van der Waals surface area contributed by atoms with Crippen molar-refractivity contribution in [1.82, 2.24) is 24.5 Å². The van der Waals surface area contributed by atoms with Gasteiger partial charge in [0.05, 0.1) is 5.56 Å². The van der Waals surface area contributed by atoms with E-state index in [1.165, 1.54) is 22.6 Å². The zero-order valence-electron chi connectivity index (χ0n) is 14.8. The van der Waals surface area contributed by atoms with Crippen molar-refractivity contribution in [2.45, 2.75) is 24.9 Å². The Labute approximate surface area is 173 Å². The van der Waals surface area contributed by atoms with E-state index in [9.17, 15) is 18.0 Å². The molecule has 29 heavy (non-hydrogen) atoms. The van der Waals surface area contributed by atoms with Crippen molar-refractivity contribution in [2.75, 3.05) is 13.1 Å². The molecule has 3 aromatic rings. The minimum Gasteiger partial charge on any atom is -0.338 e. The smallest absolute Gasteiger partial charge is 0.338 e. The number of amides is 1. The molecule has 1 saturated heterocycles. The number of carbonyl (C=O) groups excluding carboxylic acids is 1. The molecule has 4 heterocycles. The molecule has 6 nitrogen and oxygen atoms in total. The van der Waals surface area contributed by atoms with Crippen LogP contribution in [0.25, 0.3) is 5.65 Å². The van der Waals surface area contributed by atoms with E-state index in [2.05, 4.69) is 15.2 Å². The highest BCUT2D eigenvalue weighted by Crippen LogP contribution is 2.32. The molecule has 3 aromatic heterocycles. The third kappa shape index (κ3) is 4.02. The van der Waals surface area contributed by atoms with Gasteiger partial charge in [-0.1, -0.05) is 23.2 Å². The van der Waals surface area contributed by atoms with Gasteiger partial charge in [-0.25, -0.2) is 4.98 Å². The van der Waals surface area contributed by atoms with Gasteiger partial charge in [-0.05, 0) is 37.1 Å². The van der Waals surface area contributed by atoms with Gasteiger partial charge in [0.15, 0.2) is 5.65 Å². The average molecular weight is 444 g/mol. The number of rotatable bonds is 2. The van der Waals surface area contributed by atoms with Gasteiger partial charge in [0.1, 0.15) is 16.1 Å². The van der Waals surface area contributed by atoms with Gasteiger partial charge in [0.2, 0.25) is 0 Å². The summed E-state index contributed by atoms with van der Waals surface area (Å²) < 4.78 is 40.6. The van der Waals surface area contributed by atoms with E-state index < -0.39 is 11.7 Å². The summed E-state index contributed by atoms with van der Waals surface area (Å²) >= 11 is 11.8. The number of carbonyl (C=O) groups is 1. The van der Waals surface area contributed by atoms with Gasteiger partial charge in [0, 0.05) is 30.8 Å². The Balaban J connectivity index is 1.62. The summed E-state index contributed by atoms with van der Waals surface area (Å²) in [5, 5.41) is 8.28. The van der Waals surface area contributed by atoms with E-state index in [0.717, 1.165) is 12.3 Å². The third-order valence-corrected chi connectivity index (χ3v) is 5.23. The molecular formula is C18H14Cl2F3N5O. The fourth-order valence-electron chi connectivity index (χ4n) is 3.50. The van der Waals surface area contributed by atoms with Gasteiger partial charge in [-0.15, -0.1) is 10.2 Å². The number of alkyl halides is 3. The average Bonchev–Trinajstić information content (AvgIpc) is 3.09. The summed E-state index contributed by atoms with van der Waals surface area (Å²) in [4.78, 5) is 18.3. The first-order valence-electron chi connectivity index (χ1n) is 8.76. The molecule has 1 amide bonds. The molecule has 0 spiro atoms. The molecule has 1 atom stereocenters. The maximum Gasteiger partial charge on any atom is 0.417 e. The van der Waals surface area contributed by atoms with Crippen LogP contribution in [-0.4, -0.2) is 43.5 Å². The Kier molecular flexibility index (Phi) is 5.12. The molecule has 0 N–H and O–H groups in total. The van der Waals surface area contributed by atoms with Gasteiger partial charge in [-0.2, -0.15) is 13.2 Å². The molecule has 0 saturated carbocycles. The van der Waals surface area contributed by atoms with Crippen LogP contribution >= 0.6 is 23.2 Å². The Morgan fingerprint density at radius 2 is 1.86 bits per heavy atom. The highest BCUT2D eigenvalue weighted by Gasteiger charge is 2.33. The summed E-state index contributed by atoms with van der Waals surface area (Å²) in [7, 11) is 0. The van der Waals surface area contributed by atoms with E-state index in [1.807, 2.05) is 0 Å². The van der Waals surface area contributed by atoms with E-state index in [-0.39, 0.29) is 22.1 Å². The van der Waals surface area contributed by atoms with E-state index >= 15 is 0 Å². The Hall–Kier alpha value is -2.39. The predicted octanol–water partition coefficient (Wildman–Crippen LogP) is 4.47. The standard InChI is InChI=1S/C18H14Cl2F3N5O/c19-13-6-11(7-14(20)24-13)17(29)27-5-1-2-10(8-27)16-26-25-15-4-3-12(9-28(15)16)18(21,22)23/h3-4,6-7,9-10H,1-2,5,8H2. The Morgan fingerprint density at radius 1 is 1.14 bits per heavy atom. The maximum absolute atomic E-state index is 13.1. The first kappa shape index (κ1) is 19.9. The molecule has 1 unspecified atom stereocenters. The number of nitrogens with zero attached hydrogens (tertiary/aromatic N) is 5. The SMILES string of the molecule is O=C(c1cc(Cl)nc(Cl)c1)N1CCCC(c2nnc3ccc(C(F)(F)F)cn23)C1. The molecule has 4 rings (SSSR count). The van der Waals surface area contributed by atoms with E-state index in [0.29, 0.717) is 43.0 Å². The van der Waals surface area contributed by atoms with Crippen LogP contribution in [0.15, 0.2) is 30.5 Å². The molecular weight excluding hydrogens is 430 g/mol. The second kappa shape index (κ2) is 7.46. The first-order chi connectivity index (χ1) is 13.7. The van der Waals surface area contributed by atoms with Crippen molar-refractivity contribution in [2.24, 2.45) is 0 Å². The van der Waals surface area contributed by atoms with E-state index in [4.69, 9.17) is 23.2 Å². The van der Waals surface area contributed by atoms with Crippen molar-refractivity contribution in [3.8, 4) is 0 Å². The molecule has 152 valence electrons. The second-order valence-corrected chi connectivity index (χ2v) is 7.57.